The van der Waals surface area contributed by atoms with Gasteiger partial charge in [0.2, 0.25) is 0 Å². The molecule has 3 rings (SSSR count). The van der Waals surface area contributed by atoms with E-state index >= 15 is 0 Å². The van der Waals surface area contributed by atoms with Gasteiger partial charge in [-0.1, -0.05) is 0 Å². The molecule has 1 fully saturated rings. The number of carbonyl (C=O) groups excluding carboxylic acids is 1. The first-order valence-electron chi connectivity index (χ1n) is 10.7. The third-order valence-corrected chi connectivity index (χ3v) is 6.92. The van der Waals surface area contributed by atoms with Crippen molar-refractivity contribution in [2.45, 2.75) is 24.7 Å². The molecule has 0 aromatic heterocycles. The van der Waals surface area contributed by atoms with Crippen molar-refractivity contribution in [3.05, 3.63) is 42.0 Å². The van der Waals surface area contributed by atoms with E-state index in [1.165, 1.54) is 44.6 Å². The predicted octanol–water partition coefficient (Wildman–Crippen LogP) is 2.98. The van der Waals surface area contributed by atoms with Gasteiger partial charge in [-0.2, -0.15) is 0 Å². The molecule has 11 heteroatoms. The lowest BCUT2D eigenvalue weighted by molar-refractivity contribution is -0.148. The summed E-state index contributed by atoms with van der Waals surface area (Å²) in [5, 5.41) is 9.81. The van der Waals surface area contributed by atoms with E-state index in [1.54, 1.807) is 13.0 Å². The van der Waals surface area contributed by atoms with E-state index in [4.69, 9.17) is 14.2 Å². The number of carboxylic acid groups (broad SMARTS) is 1. The number of sulfonamides is 1. The molecule has 0 saturated carbocycles. The average Bonchev–Trinajstić information content (AvgIpc) is 2.83. The van der Waals surface area contributed by atoms with Crippen LogP contribution in [-0.4, -0.2) is 59.4 Å². The summed E-state index contributed by atoms with van der Waals surface area (Å²) < 4.78 is 43.9. The number of ether oxygens (including phenoxy) is 3. The molecule has 184 valence electrons. The van der Waals surface area contributed by atoms with Crippen LogP contribution in [0.2, 0.25) is 0 Å². The van der Waals surface area contributed by atoms with Crippen LogP contribution in [0.5, 0.6) is 11.5 Å². The first kappa shape index (κ1) is 25.2. The summed E-state index contributed by atoms with van der Waals surface area (Å²) >= 11 is 0. The maximum Gasteiger partial charge on any atom is 0.337 e. The topological polar surface area (TPSA) is 131 Å². The SMILES string of the molecule is CCOC(=O)C1CCCN(c2ccc(NS(=O)(=O)c3cc(OC)ccc3OC)cc2C(=O)O)C1. The second-order valence-corrected chi connectivity index (χ2v) is 9.35. The number of aromatic carboxylic acids is 1. The lowest BCUT2D eigenvalue weighted by Crippen LogP contribution is -2.40. The lowest BCUT2D eigenvalue weighted by atomic mass is 9.97. The summed E-state index contributed by atoms with van der Waals surface area (Å²) in [4.78, 5) is 25.9. The summed E-state index contributed by atoms with van der Waals surface area (Å²) in [6.07, 6.45) is 1.37. The molecule has 0 spiro atoms. The molecule has 1 heterocycles. The highest BCUT2D eigenvalue weighted by Gasteiger charge is 2.29. The van der Waals surface area contributed by atoms with E-state index in [0.717, 1.165) is 0 Å². The summed E-state index contributed by atoms with van der Waals surface area (Å²) in [6.45, 7) is 2.91. The molecule has 2 aromatic carbocycles. The van der Waals surface area contributed by atoms with Gasteiger partial charge in [0.25, 0.3) is 10.0 Å². The van der Waals surface area contributed by atoms with Gasteiger partial charge in [0.1, 0.15) is 16.4 Å². The number of nitrogens with zero attached hydrogens (tertiary/aromatic N) is 1. The van der Waals surface area contributed by atoms with E-state index in [1.807, 2.05) is 4.90 Å². The number of carboxylic acids is 1. The van der Waals surface area contributed by atoms with Crippen LogP contribution < -0.4 is 19.1 Å². The van der Waals surface area contributed by atoms with Crippen molar-refractivity contribution in [3.63, 3.8) is 0 Å². The van der Waals surface area contributed by atoms with Crippen LogP contribution in [-0.2, 0) is 19.6 Å². The summed E-state index contributed by atoms with van der Waals surface area (Å²) in [6, 6.07) is 8.64. The van der Waals surface area contributed by atoms with Crippen molar-refractivity contribution in [2.75, 3.05) is 43.5 Å². The van der Waals surface area contributed by atoms with E-state index in [-0.39, 0.29) is 40.4 Å². The Morgan fingerprint density at radius 3 is 2.56 bits per heavy atom. The van der Waals surface area contributed by atoms with Crippen LogP contribution >= 0.6 is 0 Å². The normalized spacial score (nSPS) is 16.0. The third-order valence-electron chi connectivity index (χ3n) is 5.52. The molecule has 0 radical (unpaired) electrons. The van der Waals surface area contributed by atoms with Crippen molar-refractivity contribution in [1.29, 1.82) is 0 Å². The van der Waals surface area contributed by atoms with Crippen molar-refractivity contribution in [3.8, 4) is 11.5 Å². The van der Waals surface area contributed by atoms with Gasteiger partial charge in [-0.15, -0.1) is 0 Å². The first-order chi connectivity index (χ1) is 16.2. The number of hydrogen-bond donors (Lipinski definition) is 2. The van der Waals surface area contributed by atoms with E-state index < -0.39 is 16.0 Å². The fraction of sp³-hybridized carbons (Fsp3) is 0.391. The second kappa shape index (κ2) is 10.6. The van der Waals surface area contributed by atoms with E-state index in [2.05, 4.69) is 4.72 Å². The Bertz CT molecular complexity index is 1170. The lowest BCUT2D eigenvalue weighted by Gasteiger charge is -2.34. The Kier molecular flexibility index (Phi) is 7.87. The number of benzene rings is 2. The van der Waals surface area contributed by atoms with Gasteiger partial charge in [0.05, 0.1) is 38.0 Å². The molecule has 1 aliphatic heterocycles. The van der Waals surface area contributed by atoms with Gasteiger partial charge in [-0.3, -0.25) is 9.52 Å². The molecule has 2 N–H and O–H groups in total. The zero-order valence-corrected chi connectivity index (χ0v) is 20.1. The van der Waals surface area contributed by atoms with Gasteiger partial charge in [0.15, 0.2) is 0 Å². The highest BCUT2D eigenvalue weighted by atomic mass is 32.2. The van der Waals surface area contributed by atoms with Gasteiger partial charge < -0.3 is 24.2 Å². The van der Waals surface area contributed by atoms with Gasteiger partial charge in [-0.25, -0.2) is 13.2 Å². The fourth-order valence-corrected chi connectivity index (χ4v) is 5.13. The maximum absolute atomic E-state index is 13.0. The molecule has 2 aromatic rings. The molecular weight excluding hydrogens is 464 g/mol. The highest BCUT2D eigenvalue weighted by Crippen LogP contribution is 2.32. The molecule has 1 atom stereocenters. The number of rotatable bonds is 9. The number of methoxy groups -OCH3 is 2. The standard InChI is InChI=1S/C23H28N2O8S/c1-4-33-23(28)15-6-5-11-25(14-15)19-9-7-16(12-18(19)22(26)27)24-34(29,30)21-13-17(31-2)8-10-20(21)32-3/h7-10,12-13,15,24H,4-6,11,14H2,1-3H3,(H,26,27). The average molecular weight is 493 g/mol. The Balaban J connectivity index is 1.90. The largest absolute Gasteiger partial charge is 0.497 e. The quantitative estimate of drug-likeness (QED) is 0.507. The van der Waals surface area contributed by atoms with Crippen molar-refractivity contribution in [2.24, 2.45) is 5.92 Å². The number of carbonyl (C=O) groups is 2. The monoisotopic (exact) mass is 492 g/mol. The molecule has 0 amide bonds. The Hall–Kier alpha value is -3.47. The smallest absolute Gasteiger partial charge is 0.337 e. The number of piperidine rings is 1. The van der Waals surface area contributed by atoms with Crippen LogP contribution in [0.3, 0.4) is 0 Å². The number of hydrogen-bond acceptors (Lipinski definition) is 8. The molecule has 1 unspecified atom stereocenters. The number of anilines is 2. The first-order valence-corrected chi connectivity index (χ1v) is 12.2. The minimum absolute atomic E-state index is 0.0741. The van der Waals surface area contributed by atoms with Gasteiger partial charge in [-0.05, 0) is 50.1 Å². The van der Waals surface area contributed by atoms with Crippen LogP contribution in [0.1, 0.15) is 30.1 Å². The minimum Gasteiger partial charge on any atom is -0.497 e. The molecule has 34 heavy (non-hydrogen) atoms. The fourth-order valence-electron chi connectivity index (χ4n) is 3.90. The van der Waals surface area contributed by atoms with Gasteiger partial charge >= 0.3 is 11.9 Å². The van der Waals surface area contributed by atoms with Crippen molar-refractivity contribution >= 4 is 33.3 Å². The predicted molar refractivity (Wildman–Crippen MR) is 125 cm³/mol. The van der Waals surface area contributed by atoms with E-state index in [9.17, 15) is 23.1 Å². The maximum atomic E-state index is 13.0. The summed E-state index contributed by atoms with van der Waals surface area (Å²) in [5.41, 5.74) is 0.399. The number of esters is 1. The Morgan fingerprint density at radius 1 is 1.15 bits per heavy atom. The molecular formula is C23H28N2O8S. The molecule has 1 aliphatic rings. The van der Waals surface area contributed by atoms with Crippen molar-refractivity contribution in [1.82, 2.24) is 0 Å². The second-order valence-electron chi connectivity index (χ2n) is 7.70. The summed E-state index contributed by atoms with van der Waals surface area (Å²) in [5.74, 6) is -1.44. The zero-order chi connectivity index (χ0) is 24.9. The molecule has 0 aliphatic carbocycles. The Morgan fingerprint density at radius 2 is 1.91 bits per heavy atom. The zero-order valence-electron chi connectivity index (χ0n) is 19.2. The summed E-state index contributed by atoms with van der Waals surface area (Å²) in [7, 11) is -1.36. The highest BCUT2D eigenvalue weighted by molar-refractivity contribution is 7.92. The number of nitrogens with one attached hydrogen (secondary N) is 1. The van der Waals surface area contributed by atoms with Crippen LogP contribution in [0.15, 0.2) is 41.3 Å². The van der Waals surface area contributed by atoms with Crippen molar-refractivity contribution < 1.29 is 37.3 Å². The van der Waals surface area contributed by atoms with Gasteiger partial charge in [0, 0.05) is 24.8 Å². The molecule has 1 saturated heterocycles. The van der Waals surface area contributed by atoms with Crippen LogP contribution in [0.25, 0.3) is 0 Å². The minimum atomic E-state index is -4.12. The van der Waals surface area contributed by atoms with Crippen LogP contribution in [0, 0.1) is 5.92 Å². The molecule has 10 nitrogen and oxygen atoms in total. The van der Waals surface area contributed by atoms with E-state index in [0.29, 0.717) is 37.4 Å². The Labute approximate surface area is 198 Å². The van der Waals surface area contributed by atoms with Crippen LogP contribution in [0.4, 0.5) is 11.4 Å². The molecule has 0 bridgehead atoms. The third kappa shape index (κ3) is 5.53.